The van der Waals surface area contributed by atoms with Crippen molar-refractivity contribution in [1.29, 1.82) is 5.26 Å². The Bertz CT molecular complexity index is 696. The second-order valence-electron chi connectivity index (χ2n) is 4.47. The summed E-state index contributed by atoms with van der Waals surface area (Å²) < 4.78 is 26.5. The number of nitriles is 1. The maximum atomic E-state index is 12.4. The third kappa shape index (κ3) is 2.85. The van der Waals surface area contributed by atoms with E-state index in [0.717, 1.165) is 4.31 Å². The van der Waals surface area contributed by atoms with Crippen molar-refractivity contribution in [3.05, 3.63) is 28.2 Å². The molecule has 1 saturated heterocycles. The van der Waals surface area contributed by atoms with Gasteiger partial charge in [-0.25, -0.2) is 8.42 Å². The van der Waals surface area contributed by atoms with Gasteiger partial charge >= 0.3 is 5.97 Å². The van der Waals surface area contributed by atoms with Gasteiger partial charge in [0.05, 0.1) is 22.4 Å². The average molecular weight is 359 g/mol. The molecule has 1 atom stereocenters. The molecule has 1 unspecified atom stereocenters. The van der Waals surface area contributed by atoms with Crippen molar-refractivity contribution in [2.45, 2.75) is 11.3 Å². The maximum Gasteiger partial charge on any atom is 0.307 e. The minimum Gasteiger partial charge on any atom is -0.481 e. The first-order valence-electron chi connectivity index (χ1n) is 5.78. The van der Waals surface area contributed by atoms with Gasteiger partial charge in [-0.05, 0) is 24.6 Å². The highest BCUT2D eigenvalue weighted by Crippen LogP contribution is 2.27. The van der Waals surface area contributed by atoms with Gasteiger partial charge in [0.15, 0.2) is 0 Å². The van der Waals surface area contributed by atoms with Crippen molar-refractivity contribution in [2.24, 2.45) is 5.92 Å². The number of nitrogens with zero attached hydrogens (tertiary/aromatic N) is 2. The summed E-state index contributed by atoms with van der Waals surface area (Å²) in [6, 6.07) is 6.10. The Morgan fingerprint density at radius 2 is 2.15 bits per heavy atom. The second-order valence-corrected chi connectivity index (χ2v) is 7.33. The van der Waals surface area contributed by atoms with Crippen molar-refractivity contribution in [1.82, 2.24) is 4.31 Å². The SMILES string of the molecule is N#Cc1cc(Br)cc(S(=O)(=O)N2CCC(C(=O)O)C2)c1. The smallest absolute Gasteiger partial charge is 0.307 e. The number of rotatable bonds is 3. The van der Waals surface area contributed by atoms with E-state index in [4.69, 9.17) is 10.4 Å². The molecule has 0 saturated carbocycles. The van der Waals surface area contributed by atoms with E-state index in [-0.39, 0.29) is 23.5 Å². The Morgan fingerprint density at radius 3 is 2.70 bits per heavy atom. The van der Waals surface area contributed by atoms with Gasteiger partial charge in [0, 0.05) is 17.6 Å². The normalized spacial score (nSPS) is 19.7. The van der Waals surface area contributed by atoms with E-state index in [1.54, 1.807) is 0 Å². The van der Waals surface area contributed by atoms with Gasteiger partial charge in [-0.3, -0.25) is 4.79 Å². The minimum atomic E-state index is -3.77. The summed E-state index contributed by atoms with van der Waals surface area (Å²) in [5, 5.41) is 17.8. The van der Waals surface area contributed by atoms with Crippen molar-refractivity contribution in [2.75, 3.05) is 13.1 Å². The second kappa shape index (κ2) is 5.52. The van der Waals surface area contributed by atoms with Crippen LogP contribution in [-0.4, -0.2) is 36.9 Å². The molecule has 1 aliphatic heterocycles. The van der Waals surface area contributed by atoms with E-state index >= 15 is 0 Å². The largest absolute Gasteiger partial charge is 0.481 e. The molecule has 1 fully saturated rings. The van der Waals surface area contributed by atoms with E-state index in [2.05, 4.69) is 15.9 Å². The molecule has 0 spiro atoms. The molecule has 106 valence electrons. The first-order chi connectivity index (χ1) is 9.34. The quantitative estimate of drug-likeness (QED) is 0.880. The summed E-state index contributed by atoms with van der Waals surface area (Å²) in [5.41, 5.74) is 0.229. The van der Waals surface area contributed by atoms with Crippen LogP contribution in [0.4, 0.5) is 0 Å². The first-order valence-corrected chi connectivity index (χ1v) is 8.01. The number of carbonyl (C=O) groups is 1. The predicted octanol–water partition coefficient (Wildman–Crippen LogP) is 1.42. The fourth-order valence-electron chi connectivity index (χ4n) is 2.07. The van der Waals surface area contributed by atoms with E-state index in [1.165, 1.54) is 18.2 Å². The third-order valence-electron chi connectivity index (χ3n) is 3.14. The molecule has 1 N–H and O–H groups in total. The van der Waals surface area contributed by atoms with Crippen LogP contribution in [0.3, 0.4) is 0 Å². The predicted molar refractivity (Wildman–Crippen MR) is 73.4 cm³/mol. The van der Waals surface area contributed by atoms with Gasteiger partial charge in [0.2, 0.25) is 10.0 Å². The summed E-state index contributed by atoms with van der Waals surface area (Å²) in [5.74, 6) is -1.66. The van der Waals surface area contributed by atoms with Gasteiger partial charge in [0.25, 0.3) is 0 Å². The van der Waals surface area contributed by atoms with Gasteiger partial charge in [-0.2, -0.15) is 9.57 Å². The highest BCUT2D eigenvalue weighted by molar-refractivity contribution is 9.10. The fourth-order valence-corrected chi connectivity index (χ4v) is 4.29. The van der Waals surface area contributed by atoms with Crippen LogP contribution in [0, 0.1) is 17.2 Å². The molecule has 6 nitrogen and oxygen atoms in total. The Labute approximate surface area is 124 Å². The monoisotopic (exact) mass is 358 g/mol. The number of sulfonamides is 1. The molecule has 0 amide bonds. The van der Waals surface area contributed by atoms with Crippen LogP contribution >= 0.6 is 15.9 Å². The summed E-state index contributed by atoms with van der Waals surface area (Å²) in [6.45, 7) is 0.139. The van der Waals surface area contributed by atoms with Crippen molar-refractivity contribution in [3.8, 4) is 6.07 Å². The van der Waals surface area contributed by atoms with Crippen molar-refractivity contribution < 1.29 is 18.3 Å². The number of hydrogen-bond acceptors (Lipinski definition) is 4. The lowest BCUT2D eigenvalue weighted by Crippen LogP contribution is -2.30. The topological polar surface area (TPSA) is 98.5 Å². The lowest BCUT2D eigenvalue weighted by atomic mass is 10.1. The standard InChI is InChI=1S/C12H11BrN2O4S/c13-10-3-8(6-14)4-11(5-10)20(18,19)15-2-1-9(7-15)12(16)17/h3-5,9H,1-2,7H2,(H,16,17). The summed E-state index contributed by atoms with van der Waals surface area (Å²) >= 11 is 3.16. The number of carboxylic acids is 1. The van der Waals surface area contributed by atoms with Crippen LogP contribution in [0.2, 0.25) is 0 Å². The number of carboxylic acid groups (broad SMARTS) is 1. The van der Waals surface area contributed by atoms with E-state index in [9.17, 15) is 13.2 Å². The zero-order chi connectivity index (χ0) is 14.9. The Morgan fingerprint density at radius 1 is 1.45 bits per heavy atom. The molecule has 8 heteroatoms. The van der Waals surface area contributed by atoms with E-state index < -0.39 is 21.9 Å². The van der Waals surface area contributed by atoms with E-state index in [0.29, 0.717) is 10.9 Å². The molecular formula is C12H11BrN2O4S. The molecule has 2 rings (SSSR count). The molecule has 1 aromatic carbocycles. The van der Waals surface area contributed by atoms with Gasteiger partial charge in [-0.15, -0.1) is 0 Å². The summed E-state index contributed by atoms with van der Waals surface area (Å²) in [6.07, 6.45) is 0.299. The number of halogens is 1. The molecule has 20 heavy (non-hydrogen) atoms. The molecule has 1 aliphatic rings. The van der Waals surface area contributed by atoms with Crippen LogP contribution in [0.25, 0.3) is 0 Å². The molecule has 0 radical (unpaired) electrons. The highest BCUT2D eigenvalue weighted by Gasteiger charge is 2.35. The lowest BCUT2D eigenvalue weighted by Gasteiger charge is -2.16. The Kier molecular flexibility index (Phi) is 4.13. The van der Waals surface area contributed by atoms with Gasteiger partial charge in [0.1, 0.15) is 0 Å². The Balaban J connectivity index is 2.35. The number of hydrogen-bond donors (Lipinski definition) is 1. The molecular weight excluding hydrogens is 348 g/mol. The van der Waals surface area contributed by atoms with Crippen LogP contribution in [0.1, 0.15) is 12.0 Å². The Hall–Kier alpha value is -1.43. The molecule has 1 aromatic rings. The number of aliphatic carboxylic acids is 1. The summed E-state index contributed by atoms with van der Waals surface area (Å²) in [7, 11) is -3.77. The summed E-state index contributed by atoms with van der Waals surface area (Å²) in [4.78, 5) is 10.9. The molecule has 1 heterocycles. The number of benzene rings is 1. The minimum absolute atomic E-state index is 0.00513. The van der Waals surface area contributed by atoms with Crippen LogP contribution in [0.15, 0.2) is 27.6 Å². The van der Waals surface area contributed by atoms with Crippen LogP contribution in [-0.2, 0) is 14.8 Å². The molecule has 0 aliphatic carbocycles. The van der Waals surface area contributed by atoms with Gasteiger partial charge < -0.3 is 5.11 Å². The van der Waals surface area contributed by atoms with Gasteiger partial charge in [-0.1, -0.05) is 15.9 Å². The maximum absolute atomic E-state index is 12.4. The third-order valence-corrected chi connectivity index (χ3v) is 5.44. The zero-order valence-electron chi connectivity index (χ0n) is 10.3. The average Bonchev–Trinajstić information content (AvgIpc) is 2.88. The molecule has 0 bridgehead atoms. The van der Waals surface area contributed by atoms with E-state index in [1.807, 2.05) is 6.07 Å². The highest BCUT2D eigenvalue weighted by atomic mass is 79.9. The van der Waals surface area contributed by atoms with Crippen LogP contribution in [0.5, 0.6) is 0 Å². The first kappa shape index (κ1) is 15.0. The van der Waals surface area contributed by atoms with Crippen molar-refractivity contribution >= 4 is 31.9 Å². The van der Waals surface area contributed by atoms with Crippen molar-refractivity contribution in [3.63, 3.8) is 0 Å². The lowest BCUT2D eigenvalue weighted by molar-refractivity contribution is -0.141. The van der Waals surface area contributed by atoms with Crippen LogP contribution < -0.4 is 0 Å². The zero-order valence-corrected chi connectivity index (χ0v) is 12.7. The molecule has 0 aromatic heterocycles. The fraction of sp³-hybridized carbons (Fsp3) is 0.333.